The first-order valence-electron chi connectivity index (χ1n) is 6.92. The molecular formula is C13H20N4O3. The van der Waals surface area contributed by atoms with Crippen molar-refractivity contribution in [3.63, 3.8) is 0 Å². The summed E-state index contributed by atoms with van der Waals surface area (Å²) in [7, 11) is 0. The topological polar surface area (TPSA) is 97.1 Å². The zero-order valence-corrected chi connectivity index (χ0v) is 11.4. The second-order valence-electron chi connectivity index (χ2n) is 5.47. The summed E-state index contributed by atoms with van der Waals surface area (Å²) >= 11 is 0. The normalized spacial score (nSPS) is 17.0. The third-order valence-electron chi connectivity index (χ3n) is 3.86. The molecule has 1 heterocycles. The van der Waals surface area contributed by atoms with Crippen LogP contribution in [0.4, 0.5) is 0 Å². The molecule has 0 saturated heterocycles. The van der Waals surface area contributed by atoms with E-state index in [2.05, 4.69) is 15.6 Å². The zero-order valence-electron chi connectivity index (χ0n) is 11.4. The molecule has 1 aromatic heterocycles. The first-order valence-corrected chi connectivity index (χ1v) is 6.92. The van der Waals surface area contributed by atoms with Crippen LogP contribution >= 0.6 is 0 Å². The van der Waals surface area contributed by atoms with Crippen LogP contribution in [0.5, 0.6) is 0 Å². The molecule has 2 N–H and O–H groups in total. The summed E-state index contributed by atoms with van der Waals surface area (Å²) in [6.07, 6.45) is 7.39. The molecule has 1 aromatic rings. The first-order chi connectivity index (χ1) is 9.60. The molecule has 0 unspecified atom stereocenters. The Labute approximate surface area is 117 Å². The fourth-order valence-electron chi connectivity index (χ4n) is 2.93. The lowest BCUT2D eigenvalue weighted by atomic mass is 9.79. The molecule has 20 heavy (non-hydrogen) atoms. The Morgan fingerprint density at radius 2 is 2.05 bits per heavy atom. The Kier molecular flexibility index (Phi) is 4.70. The number of hydrogen-bond donors (Lipinski definition) is 2. The Morgan fingerprint density at radius 1 is 1.30 bits per heavy atom. The fourth-order valence-corrected chi connectivity index (χ4v) is 2.93. The summed E-state index contributed by atoms with van der Waals surface area (Å²) in [6.45, 7) is 1.04. The minimum Gasteiger partial charge on any atom is -0.481 e. The van der Waals surface area contributed by atoms with Gasteiger partial charge in [-0.25, -0.2) is 0 Å². The average molecular weight is 280 g/mol. The maximum atomic E-state index is 12.0. The third kappa shape index (κ3) is 4.04. The van der Waals surface area contributed by atoms with Crippen LogP contribution in [0.15, 0.2) is 12.4 Å². The second-order valence-corrected chi connectivity index (χ2v) is 5.47. The average Bonchev–Trinajstić information content (AvgIpc) is 3.00. The van der Waals surface area contributed by atoms with Gasteiger partial charge in [-0.15, -0.1) is 5.10 Å². The minimum atomic E-state index is -0.817. The van der Waals surface area contributed by atoms with Crippen LogP contribution in [0.3, 0.4) is 0 Å². The lowest BCUT2D eigenvalue weighted by molar-refractivity contribution is -0.140. The molecule has 1 aliphatic carbocycles. The van der Waals surface area contributed by atoms with Gasteiger partial charge in [-0.05, 0) is 18.3 Å². The van der Waals surface area contributed by atoms with E-state index < -0.39 is 5.97 Å². The molecule has 1 saturated carbocycles. The van der Waals surface area contributed by atoms with Gasteiger partial charge in [-0.3, -0.25) is 14.3 Å². The van der Waals surface area contributed by atoms with Gasteiger partial charge in [0, 0.05) is 19.2 Å². The Balaban J connectivity index is 1.78. The van der Waals surface area contributed by atoms with Gasteiger partial charge in [0.2, 0.25) is 5.91 Å². The van der Waals surface area contributed by atoms with E-state index in [1.54, 1.807) is 17.1 Å². The van der Waals surface area contributed by atoms with Gasteiger partial charge >= 0.3 is 5.97 Å². The highest BCUT2D eigenvalue weighted by Crippen LogP contribution is 2.43. The SMILES string of the molecule is O=C(O)CC1(CC(=O)NCCn2ccnn2)CCCC1. The molecule has 0 radical (unpaired) electrons. The largest absolute Gasteiger partial charge is 0.481 e. The van der Waals surface area contributed by atoms with Crippen LogP contribution in [0.1, 0.15) is 38.5 Å². The molecule has 1 aliphatic rings. The van der Waals surface area contributed by atoms with Gasteiger partial charge in [0.15, 0.2) is 0 Å². The lowest BCUT2D eigenvalue weighted by Crippen LogP contribution is -2.33. The Bertz CT molecular complexity index is 452. The Morgan fingerprint density at radius 3 is 2.65 bits per heavy atom. The highest BCUT2D eigenvalue weighted by molar-refractivity contribution is 5.78. The van der Waals surface area contributed by atoms with Gasteiger partial charge < -0.3 is 10.4 Å². The number of aromatic nitrogens is 3. The van der Waals surface area contributed by atoms with E-state index in [0.29, 0.717) is 19.5 Å². The molecule has 0 aliphatic heterocycles. The number of carboxylic acid groups (broad SMARTS) is 1. The molecule has 0 atom stereocenters. The van der Waals surface area contributed by atoms with E-state index in [4.69, 9.17) is 5.11 Å². The van der Waals surface area contributed by atoms with Crippen LogP contribution in [0.2, 0.25) is 0 Å². The number of nitrogens with one attached hydrogen (secondary N) is 1. The smallest absolute Gasteiger partial charge is 0.303 e. The summed E-state index contributed by atoms with van der Waals surface area (Å²) < 4.78 is 1.64. The fraction of sp³-hybridized carbons (Fsp3) is 0.692. The van der Waals surface area contributed by atoms with Crippen molar-refractivity contribution in [2.75, 3.05) is 6.54 Å². The van der Waals surface area contributed by atoms with Crippen molar-refractivity contribution in [2.45, 2.75) is 45.1 Å². The molecule has 110 valence electrons. The van der Waals surface area contributed by atoms with Crippen LogP contribution in [0, 0.1) is 5.41 Å². The molecule has 0 aromatic carbocycles. The number of amides is 1. The third-order valence-corrected chi connectivity index (χ3v) is 3.86. The lowest BCUT2D eigenvalue weighted by Gasteiger charge is -2.26. The maximum absolute atomic E-state index is 12.0. The molecule has 0 spiro atoms. The standard InChI is InChI=1S/C13H20N4O3/c18-11(14-5-7-17-8-6-15-16-17)9-13(10-12(19)20)3-1-2-4-13/h6,8H,1-5,7,9-10H2,(H,14,18)(H,19,20). The van der Waals surface area contributed by atoms with E-state index >= 15 is 0 Å². The number of aliphatic carboxylic acids is 1. The number of carbonyl (C=O) groups excluding carboxylic acids is 1. The molecule has 1 fully saturated rings. The molecule has 1 amide bonds. The predicted molar refractivity (Wildman–Crippen MR) is 70.8 cm³/mol. The Hall–Kier alpha value is -1.92. The van der Waals surface area contributed by atoms with Crippen LogP contribution in [-0.2, 0) is 16.1 Å². The van der Waals surface area contributed by atoms with Crippen LogP contribution in [-0.4, -0.2) is 38.5 Å². The van der Waals surface area contributed by atoms with Crippen molar-refractivity contribution in [3.8, 4) is 0 Å². The van der Waals surface area contributed by atoms with Crippen molar-refractivity contribution in [1.29, 1.82) is 0 Å². The van der Waals surface area contributed by atoms with Gasteiger partial charge in [0.05, 0.1) is 19.2 Å². The highest BCUT2D eigenvalue weighted by Gasteiger charge is 2.37. The van der Waals surface area contributed by atoms with Crippen LogP contribution in [0.25, 0.3) is 0 Å². The van der Waals surface area contributed by atoms with Gasteiger partial charge in [-0.2, -0.15) is 0 Å². The summed E-state index contributed by atoms with van der Waals surface area (Å²) in [5.41, 5.74) is -0.344. The van der Waals surface area contributed by atoms with Crippen molar-refractivity contribution in [2.24, 2.45) is 5.41 Å². The van der Waals surface area contributed by atoms with Crippen molar-refractivity contribution >= 4 is 11.9 Å². The summed E-state index contributed by atoms with van der Waals surface area (Å²) in [5.74, 6) is -0.893. The first kappa shape index (κ1) is 14.5. The van der Waals surface area contributed by atoms with Crippen molar-refractivity contribution in [1.82, 2.24) is 20.3 Å². The van der Waals surface area contributed by atoms with Gasteiger partial charge in [-0.1, -0.05) is 18.1 Å². The quantitative estimate of drug-likeness (QED) is 0.770. The van der Waals surface area contributed by atoms with E-state index in [9.17, 15) is 9.59 Å². The van der Waals surface area contributed by atoms with Crippen LogP contribution < -0.4 is 5.32 Å². The van der Waals surface area contributed by atoms with E-state index in [-0.39, 0.29) is 17.7 Å². The molecular weight excluding hydrogens is 260 g/mol. The van der Waals surface area contributed by atoms with Crippen molar-refractivity contribution in [3.05, 3.63) is 12.4 Å². The second kappa shape index (κ2) is 6.49. The van der Waals surface area contributed by atoms with Gasteiger partial charge in [0.1, 0.15) is 0 Å². The van der Waals surface area contributed by atoms with Crippen molar-refractivity contribution < 1.29 is 14.7 Å². The number of nitrogens with zero attached hydrogens (tertiary/aromatic N) is 3. The van der Waals surface area contributed by atoms with E-state index in [1.165, 1.54) is 0 Å². The summed E-state index contributed by atoms with van der Waals surface area (Å²) in [6, 6.07) is 0. The van der Waals surface area contributed by atoms with Gasteiger partial charge in [0.25, 0.3) is 0 Å². The molecule has 2 rings (SSSR count). The number of hydrogen-bond acceptors (Lipinski definition) is 4. The molecule has 0 bridgehead atoms. The number of rotatable bonds is 7. The maximum Gasteiger partial charge on any atom is 0.303 e. The highest BCUT2D eigenvalue weighted by atomic mass is 16.4. The zero-order chi connectivity index (χ0) is 14.4. The molecule has 7 nitrogen and oxygen atoms in total. The predicted octanol–water partition coefficient (Wildman–Crippen LogP) is 0.819. The summed E-state index contributed by atoms with van der Waals surface area (Å²) in [5, 5.41) is 19.3. The minimum absolute atomic E-state index is 0.0757. The monoisotopic (exact) mass is 280 g/mol. The van der Waals surface area contributed by atoms with E-state index in [0.717, 1.165) is 25.7 Å². The van der Waals surface area contributed by atoms with E-state index in [1.807, 2.05) is 0 Å². The number of carbonyl (C=O) groups is 2. The number of carboxylic acids is 1. The molecule has 7 heteroatoms. The summed E-state index contributed by atoms with van der Waals surface area (Å²) in [4.78, 5) is 22.9.